The summed E-state index contributed by atoms with van der Waals surface area (Å²) in [5, 5.41) is 4.14. The summed E-state index contributed by atoms with van der Waals surface area (Å²) in [6, 6.07) is 8.62. The van der Waals surface area contributed by atoms with Gasteiger partial charge >= 0.3 is 0 Å². The number of ether oxygens (including phenoxy) is 2. The Morgan fingerprint density at radius 1 is 1.14 bits per heavy atom. The summed E-state index contributed by atoms with van der Waals surface area (Å²) in [7, 11) is -1.93. The van der Waals surface area contributed by atoms with E-state index in [0.717, 1.165) is 12.0 Å². The number of hydrogen-bond donors (Lipinski definition) is 1. The van der Waals surface area contributed by atoms with Crippen molar-refractivity contribution in [1.82, 2.24) is 9.29 Å². The predicted molar refractivity (Wildman–Crippen MR) is 114 cm³/mol. The van der Waals surface area contributed by atoms with E-state index in [2.05, 4.69) is 15.5 Å². The zero-order valence-corrected chi connectivity index (χ0v) is 18.1. The molecule has 1 N–H and O–H groups in total. The van der Waals surface area contributed by atoms with Gasteiger partial charge in [0.25, 0.3) is 0 Å². The van der Waals surface area contributed by atoms with Gasteiger partial charge in [-0.25, -0.2) is 13.4 Å². The van der Waals surface area contributed by atoms with Gasteiger partial charge in [-0.15, -0.1) is 0 Å². The monoisotopic (exact) mass is 420 g/mol. The van der Waals surface area contributed by atoms with Gasteiger partial charge in [0.05, 0.1) is 19.9 Å². The number of aromatic nitrogens is 1. The van der Waals surface area contributed by atoms with Crippen LogP contribution in [0.5, 0.6) is 11.5 Å². The van der Waals surface area contributed by atoms with Crippen molar-refractivity contribution in [3.05, 3.63) is 42.1 Å². The summed E-state index contributed by atoms with van der Waals surface area (Å²) in [4.78, 5) is 4.29. The standard InChI is InChI=1S/C20H28N4O4S/c1-5-12-28-18-10-8-16(13-19(18)27-4)14-22-23-20-11-9-17(15-21-20)29(25,26)24(6-2)7-3/h8-11,13-15H,5-7,12H2,1-4H3,(H,21,23)/b22-14+. The maximum absolute atomic E-state index is 12.5. The van der Waals surface area contributed by atoms with E-state index in [0.29, 0.717) is 37.0 Å². The molecule has 9 heteroatoms. The van der Waals surface area contributed by atoms with Crippen LogP contribution in [0.1, 0.15) is 32.8 Å². The number of nitrogens with zero attached hydrogens (tertiary/aromatic N) is 3. The second-order valence-corrected chi connectivity index (χ2v) is 8.04. The molecular weight excluding hydrogens is 392 g/mol. The molecular formula is C20H28N4O4S. The van der Waals surface area contributed by atoms with Crippen LogP contribution in [-0.4, -0.2) is 50.7 Å². The Morgan fingerprint density at radius 2 is 1.90 bits per heavy atom. The third-order valence-electron chi connectivity index (χ3n) is 4.12. The lowest BCUT2D eigenvalue weighted by Crippen LogP contribution is -2.30. The highest BCUT2D eigenvalue weighted by Crippen LogP contribution is 2.27. The number of nitrogens with one attached hydrogen (secondary N) is 1. The Labute approximate surface area is 172 Å². The zero-order valence-electron chi connectivity index (χ0n) is 17.3. The van der Waals surface area contributed by atoms with Crippen molar-refractivity contribution in [1.29, 1.82) is 0 Å². The number of anilines is 1. The Morgan fingerprint density at radius 3 is 2.48 bits per heavy atom. The van der Waals surface area contributed by atoms with E-state index in [1.54, 1.807) is 33.2 Å². The number of benzene rings is 1. The minimum absolute atomic E-state index is 0.156. The Kier molecular flexibility index (Phi) is 8.41. The van der Waals surface area contributed by atoms with Crippen LogP contribution < -0.4 is 14.9 Å². The molecule has 1 heterocycles. The van der Waals surface area contributed by atoms with Crippen molar-refractivity contribution in [2.75, 3.05) is 32.2 Å². The van der Waals surface area contributed by atoms with E-state index < -0.39 is 10.0 Å². The lowest BCUT2D eigenvalue weighted by molar-refractivity contribution is 0.294. The molecule has 0 aliphatic rings. The van der Waals surface area contributed by atoms with Crippen LogP contribution in [0.15, 0.2) is 46.5 Å². The van der Waals surface area contributed by atoms with Crippen LogP contribution in [0.3, 0.4) is 0 Å². The average Bonchev–Trinajstić information content (AvgIpc) is 2.73. The predicted octanol–water partition coefficient (Wildman–Crippen LogP) is 3.36. The highest BCUT2D eigenvalue weighted by atomic mass is 32.2. The molecule has 1 aromatic heterocycles. The van der Waals surface area contributed by atoms with Crippen molar-refractivity contribution in [3.63, 3.8) is 0 Å². The summed E-state index contributed by atoms with van der Waals surface area (Å²) >= 11 is 0. The molecule has 0 atom stereocenters. The fraction of sp³-hybridized carbons (Fsp3) is 0.400. The molecule has 0 amide bonds. The van der Waals surface area contributed by atoms with E-state index in [1.165, 1.54) is 16.6 Å². The van der Waals surface area contributed by atoms with E-state index in [-0.39, 0.29) is 4.90 Å². The topological polar surface area (TPSA) is 93.1 Å². The first-order valence-electron chi connectivity index (χ1n) is 9.52. The molecule has 0 aliphatic carbocycles. The minimum atomic E-state index is -3.52. The maximum Gasteiger partial charge on any atom is 0.244 e. The summed E-state index contributed by atoms with van der Waals surface area (Å²) in [6.45, 7) is 7.09. The Hall–Kier alpha value is -2.65. The van der Waals surface area contributed by atoms with Crippen molar-refractivity contribution >= 4 is 22.1 Å². The molecule has 0 saturated carbocycles. The van der Waals surface area contributed by atoms with Crippen LogP contribution in [0.2, 0.25) is 0 Å². The quantitative estimate of drug-likeness (QED) is 0.443. The largest absolute Gasteiger partial charge is 0.493 e. The zero-order chi connectivity index (χ0) is 21.3. The molecule has 0 aliphatic heterocycles. The molecule has 0 bridgehead atoms. The Bertz CT molecular complexity index is 911. The van der Waals surface area contributed by atoms with Gasteiger partial charge in [0.2, 0.25) is 10.0 Å². The third kappa shape index (κ3) is 5.91. The molecule has 2 aromatic rings. The summed E-state index contributed by atoms with van der Waals surface area (Å²) < 4.78 is 37.3. The summed E-state index contributed by atoms with van der Waals surface area (Å²) in [6.07, 6.45) is 3.86. The molecule has 0 saturated heterocycles. The normalized spacial score (nSPS) is 11.8. The van der Waals surface area contributed by atoms with Crippen LogP contribution in [0, 0.1) is 0 Å². The number of sulfonamides is 1. The SMILES string of the molecule is CCCOc1ccc(/C=N/Nc2ccc(S(=O)(=O)N(CC)CC)cn2)cc1OC. The van der Waals surface area contributed by atoms with Crippen molar-refractivity contribution < 1.29 is 17.9 Å². The lowest BCUT2D eigenvalue weighted by Gasteiger charge is -2.18. The summed E-state index contributed by atoms with van der Waals surface area (Å²) in [5.41, 5.74) is 3.61. The molecule has 2 rings (SSSR count). The van der Waals surface area contributed by atoms with Gasteiger partial charge in [0.1, 0.15) is 10.7 Å². The van der Waals surface area contributed by atoms with E-state index in [4.69, 9.17) is 9.47 Å². The first kappa shape index (κ1) is 22.6. The van der Waals surface area contributed by atoms with Crippen molar-refractivity contribution in [2.24, 2.45) is 5.10 Å². The average molecular weight is 421 g/mol. The van der Waals surface area contributed by atoms with Crippen LogP contribution in [0.4, 0.5) is 5.82 Å². The summed E-state index contributed by atoms with van der Waals surface area (Å²) in [5.74, 6) is 1.76. The van der Waals surface area contributed by atoms with Gasteiger partial charge in [-0.05, 0) is 42.3 Å². The second-order valence-electron chi connectivity index (χ2n) is 6.10. The van der Waals surface area contributed by atoms with Gasteiger partial charge in [-0.2, -0.15) is 9.41 Å². The van der Waals surface area contributed by atoms with E-state index in [1.807, 2.05) is 25.1 Å². The third-order valence-corrected chi connectivity index (χ3v) is 6.16. The van der Waals surface area contributed by atoms with Gasteiger partial charge in [0, 0.05) is 19.3 Å². The highest BCUT2D eigenvalue weighted by molar-refractivity contribution is 7.89. The van der Waals surface area contributed by atoms with Crippen LogP contribution in [0.25, 0.3) is 0 Å². The number of rotatable bonds is 11. The van der Waals surface area contributed by atoms with Gasteiger partial charge in [0.15, 0.2) is 11.5 Å². The molecule has 158 valence electrons. The Balaban J connectivity index is 2.05. The first-order valence-corrected chi connectivity index (χ1v) is 11.0. The maximum atomic E-state index is 12.5. The molecule has 0 unspecified atom stereocenters. The smallest absolute Gasteiger partial charge is 0.244 e. The molecule has 0 radical (unpaired) electrons. The molecule has 29 heavy (non-hydrogen) atoms. The minimum Gasteiger partial charge on any atom is -0.493 e. The first-order chi connectivity index (χ1) is 14.0. The number of hydrogen-bond acceptors (Lipinski definition) is 7. The van der Waals surface area contributed by atoms with E-state index >= 15 is 0 Å². The van der Waals surface area contributed by atoms with Crippen LogP contribution >= 0.6 is 0 Å². The molecule has 0 spiro atoms. The highest BCUT2D eigenvalue weighted by Gasteiger charge is 2.21. The number of pyridine rings is 1. The fourth-order valence-electron chi connectivity index (χ4n) is 2.58. The van der Waals surface area contributed by atoms with Crippen molar-refractivity contribution in [3.8, 4) is 11.5 Å². The number of hydrazone groups is 1. The van der Waals surface area contributed by atoms with Gasteiger partial charge in [-0.3, -0.25) is 5.43 Å². The van der Waals surface area contributed by atoms with E-state index in [9.17, 15) is 8.42 Å². The number of methoxy groups -OCH3 is 1. The molecule has 0 fully saturated rings. The lowest BCUT2D eigenvalue weighted by atomic mass is 10.2. The van der Waals surface area contributed by atoms with Gasteiger partial charge in [-0.1, -0.05) is 20.8 Å². The molecule has 8 nitrogen and oxygen atoms in total. The van der Waals surface area contributed by atoms with Crippen molar-refractivity contribution in [2.45, 2.75) is 32.1 Å². The van der Waals surface area contributed by atoms with Gasteiger partial charge < -0.3 is 9.47 Å². The second kappa shape index (κ2) is 10.8. The fourth-order valence-corrected chi connectivity index (χ4v) is 3.98. The van der Waals surface area contributed by atoms with Crippen LogP contribution in [-0.2, 0) is 10.0 Å². The molecule has 1 aromatic carbocycles.